The fourth-order valence-electron chi connectivity index (χ4n) is 1.87. The molecule has 0 aromatic heterocycles. The zero-order valence-electron chi connectivity index (χ0n) is 11.1. The van der Waals surface area contributed by atoms with Gasteiger partial charge < -0.3 is 11.1 Å². The second-order valence-electron chi connectivity index (χ2n) is 4.60. The van der Waals surface area contributed by atoms with Crippen LogP contribution in [0, 0.1) is 13.8 Å². The molecule has 0 aliphatic carbocycles. The van der Waals surface area contributed by atoms with Gasteiger partial charge >= 0.3 is 0 Å². The van der Waals surface area contributed by atoms with Crippen molar-refractivity contribution in [3.05, 3.63) is 56.5 Å². The fourth-order valence-corrected chi connectivity index (χ4v) is 2.73. The molecule has 0 aliphatic rings. The van der Waals surface area contributed by atoms with Gasteiger partial charge in [0, 0.05) is 20.9 Å². The van der Waals surface area contributed by atoms with Gasteiger partial charge in [-0.05, 0) is 65.2 Å². The zero-order valence-corrected chi connectivity index (χ0v) is 13.5. The van der Waals surface area contributed by atoms with Gasteiger partial charge in [0.15, 0.2) is 0 Å². The number of aryl methyl sites for hydroxylation is 2. The monoisotopic (exact) mass is 352 g/mol. The highest BCUT2D eigenvalue weighted by Crippen LogP contribution is 2.25. The van der Waals surface area contributed by atoms with Crippen LogP contribution < -0.4 is 11.1 Å². The SMILES string of the molecule is Cc1cc(C)c(NC(=O)c2ccc(Cl)cc2Br)cc1N. The summed E-state index contributed by atoms with van der Waals surface area (Å²) < 4.78 is 0.653. The molecule has 0 atom stereocenters. The van der Waals surface area contributed by atoms with Gasteiger partial charge in [0.25, 0.3) is 5.91 Å². The molecule has 5 heteroatoms. The van der Waals surface area contributed by atoms with E-state index in [0.717, 1.165) is 11.1 Å². The first-order valence-electron chi connectivity index (χ1n) is 6.01. The summed E-state index contributed by atoms with van der Waals surface area (Å²) in [7, 11) is 0. The summed E-state index contributed by atoms with van der Waals surface area (Å²) in [5, 5.41) is 3.44. The van der Waals surface area contributed by atoms with Crippen LogP contribution in [-0.2, 0) is 0 Å². The summed E-state index contributed by atoms with van der Waals surface area (Å²) in [4.78, 5) is 12.3. The lowest BCUT2D eigenvalue weighted by Gasteiger charge is -2.12. The molecule has 3 nitrogen and oxygen atoms in total. The number of hydrogen-bond acceptors (Lipinski definition) is 2. The molecule has 0 unspecified atom stereocenters. The first-order chi connectivity index (χ1) is 9.38. The van der Waals surface area contributed by atoms with Crippen LogP contribution in [0.15, 0.2) is 34.8 Å². The maximum absolute atomic E-state index is 12.3. The second kappa shape index (κ2) is 5.85. The number of halogens is 2. The third-order valence-electron chi connectivity index (χ3n) is 3.04. The number of nitrogens with two attached hydrogens (primary N) is 1. The Kier molecular flexibility index (Phi) is 4.35. The number of hydrogen-bond donors (Lipinski definition) is 2. The van der Waals surface area contributed by atoms with Gasteiger partial charge in [-0.3, -0.25) is 4.79 Å². The summed E-state index contributed by atoms with van der Waals surface area (Å²) in [5.41, 5.74) is 9.72. The van der Waals surface area contributed by atoms with Gasteiger partial charge in [0.2, 0.25) is 0 Å². The lowest BCUT2D eigenvalue weighted by molar-refractivity contribution is 0.102. The van der Waals surface area contributed by atoms with E-state index in [9.17, 15) is 4.79 Å². The largest absolute Gasteiger partial charge is 0.398 e. The lowest BCUT2D eigenvalue weighted by Crippen LogP contribution is -2.14. The number of benzene rings is 2. The van der Waals surface area contributed by atoms with Crippen LogP contribution in [0.2, 0.25) is 5.02 Å². The Labute approximate surface area is 131 Å². The Balaban J connectivity index is 2.30. The van der Waals surface area contributed by atoms with E-state index in [1.54, 1.807) is 24.3 Å². The Morgan fingerprint density at radius 1 is 1.20 bits per heavy atom. The Morgan fingerprint density at radius 2 is 1.90 bits per heavy atom. The standard InChI is InChI=1S/C15H14BrClN2O/c1-8-5-9(2)14(7-13(8)18)19-15(20)11-4-3-10(17)6-12(11)16/h3-7H,18H2,1-2H3,(H,19,20). The molecule has 0 aliphatic heterocycles. The predicted octanol–water partition coefficient (Wildman–Crippen LogP) is 4.55. The highest BCUT2D eigenvalue weighted by molar-refractivity contribution is 9.10. The van der Waals surface area contributed by atoms with Crippen LogP contribution >= 0.6 is 27.5 Å². The Bertz CT molecular complexity index is 686. The number of nitrogen functional groups attached to an aromatic ring is 1. The Hall–Kier alpha value is -1.52. The molecule has 2 rings (SSSR count). The molecule has 1 amide bonds. The molecule has 3 N–H and O–H groups in total. The predicted molar refractivity (Wildman–Crippen MR) is 87.4 cm³/mol. The van der Waals surface area contributed by atoms with E-state index < -0.39 is 0 Å². The van der Waals surface area contributed by atoms with E-state index in [1.807, 2.05) is 19.9 Å². The van der Waals surface area contributed by atoms with E-state index in [2.05, 4.69) is 21.2 Å². The highest BCUT2D eigenvalue weighted by atomic mass is 79.9. The Morgan fingerprint density at radius 3 is 2.55 bits per heavy atom. The average molecular weight is 354 g/mol. The molecule has 2 aromatic carbocycles. The first kappa shape index (κ1) is 14.9. The van der Waals surface area contributed by atoms with Gasteiger partial charge in [-0.2, -0.15) is 0 Å². The van der Waals surface area contributed by atoms with Crippen molar-refractivity contribution in [1.82, 2.24) is 0 Å². The second-order valence-corrected chi connectivity index (χ2v) is 5.89. The van der Waals surface area contributed by atoms with Crippen LogP contribution in [0.4, 0.5) is 11.4 Å². The maximum atomic E-state index is 12.3. The normalized spacial score (nSPS) is 10.4. The van der Waals surface area contributed by atoms with E-state index >= 15 is 0 Å². The van der Waals surface area contributed by atoms with Gasteiger partial charge in [-0.15, -0.1) is 0 Å². The topological polar surface area (TPSA) is 55.1 Å². The van der Waals surface area contributed by atoms with E-state index in [4.69, 9.17) is 17.3 Å². The third-order valence-corrected chi connectivity index (χ3v) is 3.93. The number of rotatable bonds is 2. The third kappa shape index (κ3) is 3.14. The van der Waals surface area contributed by atoms with Crippen molar-refractivity contribution in [2.24, 2.45) is 0 Å². The quantitative estimate of drug-likeness (QED) is 0.778. The number of carbonyl (C=O) groups excluding carboxylic acids is 1. The summed E-state index contributed by atoms with van der Waals surface area (Å²) >= 11 is 9.20. The minimum Gasteiger partial charge on any atom is -0.398 e. The minimum absolute atomic E-state index is 0.208. The smallest absolute Gasteiger partial charge is 0.256 e. The van der Waals surface area contributed by atoms with Crippen LogP contribution in [0.3, 0.4) is 0 Å². The lowest BCUT2D eigenvalue weighted by atomic mass is 10.1. The van der Waals surface area contributed by atoms with E-state index in [1.165, 1.54) is 0 Å². The first-order valence-corrected chi connectivity index (χ1v) is 7.18. The van der Waals surface area contributed by atoms with Crippen molar-refractivity contribution in [2.45, 2.75) is 13.8 Å². The molecule has 20 heavy (non-hydrogen) atoms. The van der Waals surface area contributed by atoms with Gasteiger partial charge in [0.05, 0.1) is 5.56 Å². The maximum Gasteiger partial charge on any atom is 0.256 e. The summed E-state index contributed by atoms with van der Waals surface area (Å²) in [6.07, 6.45) is 0. The number of carbonyl (C=O) groups is 1. The van der Waals surface area contributed by atoms with Crippen LogP contribution in [0.1, 0.15) is 21.5 Å². The molecule has 0 bridgehead atoms. The molecule has 0 radical (unpaired) electrons. The summed E-state index contributed by atoms with van der Waals surface area (Å²) in [6.45, 7) is 3.86. The van der Waals surface area contributed by atoms with Gasteiger partial charge in [-0.1, -0.05) is 17.7 Å². The van der Waals surface area contributed by atoms with Crippen molar-refractivity contribution in [3.63, 3.8) is 0 Å². The van der Waals surface area contributed by atoms with E-state index in [0.29, 0.717) is 26.4 Å². The minimum atomic E-state index is -0.208. The molecule has 0 heterocycles. The molecule has 0 saturated carbocycles. The summed E-state index contributed by atoms with van der Waals surface area (Å²) in [5.74, 6) is -0.208. The van der Waals surface area contributed by atoms with Crippen LogP contribution in [-0.4, -0.2) is 5.91 Å². The number of amides is 1. The molecule has 104 valence electrons. The van der Waals surface area contributed by atoms with Gasteiger partial charge in [0.1, 0.15) is 0 Å². The average Bonchev–Trinajstić information content (AvgIpc) is 2.35. The molecule has 0 spiro atoms. The fraction of sp³-hybridized carbons (Fsp3) is 0.133. The van der Waals surface area contributed by atoms with Crippen molar-refractivity contribution < 1.29 is 4.79 Å². The van der Waals surface area contributed by atoms with Crippen LogP contribution in [0.25, 0.3) is 0 Å². The summed E-state index contributed by atoms with van der Waals surface area (Å²) in [6, 6.07) is 8.76. The van der Waals surface area contributed by atoms with Crippen molar-refractivity contribution in [1.29, 1.82) is 0 Å². The molecular formula is C15H14BrClN2O. The molecule has 0 saturated heterocycles. The van der Waals surface area contributed by atoms with Crippen LogP contribution in [0.5, 0.6) is 0 Å². The molecular weight excluding hydrogens is 340 g/mol. The molecule has 0 fully saturated rings. The number of nitrogens with one attached hydrogen (secondary N) is 1. The van der Waals surface area contributed by atoms with Gasteiger partial charge in [-0.25, -0.2) is 0 Å². The zero-order chi connectivity index (χ0) is 14.9. The van der Waals surface area contributed by atoms with Crippen molar-refractivity contribution in [3.8, 4) is 0 Å². The van der Waals surface area contributed by atoms with E-state index in [-0.39, 0.29) is 5.91 Å². The molecule has 2 aromatic rings. The van der Waals surface area contributed by atoms with Crippen molar-refractivity contribution >= 4 is 44.8 Å². The van der Waals surface area contributed by atoms with Crippen molar-refractivity contribution in [2.75, 3.05) is 11.1 Å². The number of anilines is 2. The highest BCUT2D eigenvalue weighted by Gasteiger charge is 2.12.